The zero-order chi connectivity index (χ0) is 13.7. The summed E-state index contributed by atoms with van der Waals surface area (Å²) in [6, 6.07) is 10.1. The quantitative estimate of drug-likeness (QED) is 0.741. The standard InChI is InChI=1S/C15H21N3O/c1-12-13(9-17-18-12)8-16-10-15(2,11-19)14-6-4-3-5-7-14/h3-7,9,16,19H,8,10-11H2,1-2H3,(H,17,18). The molecule has 1 heterocycles. The summed E-state index contributed by atoms with van der Waals surface area (Å²) in [5.41, 5.74) is 3.12. The summed E-state index contributed by atoms with van der Waals surface area (Å²) >= 11 is 0. The van der Waals surface area contributed by atoms with E-state index in [0.29, 0.717) is 0 Å². The molecule has 0 aliphatic heterocycles. The number of H-pyrrole nitrogens is 1. The van der Waals surface area contributed by atoms with Gasteiger partial charge in [0.25, 0.3) is 0 Å². The number of hydrogen-bond acceptors (Lipinski definition) is 3. The van der Waals surface area contributed by atoms with Gasteiger partial charge in [0.1, 0.15) is 0 Å². The van der Waals surface area contributed by atoms with Crippen molar-refractivity contribution >= 4 is 0 Å². The lowest BCUT2D eigenvalue weighted by atomic mass is 9.83. The van der Waals surface area contributed by atoms with Crippen molar-refractivity contribution in [1.29, 1.82) is 0 Å². The van der Waals surface area contributed by atoms with E-state index in [2.05, 4.69) is 34.6 Å². The van der Waals surface area contributed by atoms with E-state index in [0.717, 1.165) is 29.9 Å². The fourth-order valence-corrected chi connectivity index (χ4v) is 2.12. The molecule has 1 atom stereocenters. The molecule has 0 saturated heterocycles. The zero-order valence-corrected chi connectivity index (χ0v) is 11.5. The Morgan fingerprint density at radius 1 is 1.32 bits per heavy atom. The van der Waals surface area contributed by atoms with E-state index in [4.69, 9.17) is 0 Å². The lowest BCUT2D eigenvalue weighted by Gasteiger charge is -2.28. The van der Waals surface area contributed by atoms with Crippen molar-refractivity contribution in [2.75, 3.05) is 13.2 Å². The zero-order valence-electron chi connectivity index (χ0n) is 11.5. The Balaban J connectivity index is 1.98. The molecule has 0 aliphatic rings. The molecule has 0 bridgehead atoms. The molecule has 1 unspecified atom stereocenters. The predicted octanol–water partition coefficient (Wildman–Crippen LogP) is 1.76. The van der Waals surface area contributed by atoms with Crippen LogP contribution in [-0.4, -0.2) is 28.5 Å². The highest BCUT2D eigenvalue weighted by Gasteiger charge is 2.25. The second kappa shape index (κ2) is 5.99. The largest absolute Gasteiger partial charge is 0.395 e. The Morgan fingerprint density at radius 2 is 2.05 bits per heavy atom. The van der Waals surface area contributed by atoms with Crippen LogP contribution in [0.2, 0.25) is 0 Å². The second-order valence-corrected chi connectivity index (χ2v) is 5.21. The summed E-state index contributed by atoms with van der Waals surface area (Å²) in [5.74, 6) is 0. The minimum absolute atomic E-state index is 0.119. The Hall–Kier alpha value is -1.65. The molecule has 4 heteroatoms. The van der Waals surface area contributed by atoms with Crippen molar-refractivity contribution in [2.24, 2.45) is 0 Å². The molecule has 2 rings (SSSR count). The molecule has 1 aromatic heterocycles. The average molecular weight is 259 g/mol. The maximum absolute atomic E-state index is 9.69. The summed E-state index contributed by atoms with van der Waals surface area (Å²) in [7, 11) is 0. The molecule has 2 aromatic rings. The topological polar surface area (TPSA) is 60.9 Å². The fourth-order valence-electron chi connectivity index (χ4n) is 2.12. The first kappa shape index (κ1) is 13.8. The number of aliphatic hydroxyl groups excluding tert-OH is 1. The van der Waals surface area contributed by atoms with E-state index in [1.54, 1.807) is 0 Å². The van der Waals surface area contributed by atoms with Crippen LogP contribution < -0.4 is 5.32 Å². The van der Waals surface area contributed by atoms with E-state index in [1.165, 1.54) is 0 Å². The van der Waals surface area contributed by atoms with Crippen LogP contribution in [0, 0.1) is 6.92 Å². The van der Waals surface area contributed by atoms with Gasteiger partial charge in [0.15, 0.2) is 0 Å². The van der Waals surface area contributed by atoms with Gasteiger partial charge < -0.3 is 10.4 Å². The van der Waals surface area contributed by atoms with Crippen LogP contribution in [0.5, 0.6) is 0 Å². The molecule has 0 radical (unpaired) electrons. The highest BCUT2D eigenvalue weighted by atomic mass is 16.3. The van der Waals surface area contributed by atoms with Crippen molar-refractivity contribution in [3.05, 3.63) is 53.3 Å². The summed E-state index contributed by atoms with van der Waals surface area (Å²) in [6.45, 7) is 5.67. The minimum Gasteiger partial charge on any atom is -0.395 e. The SMILES string of the molecule is Cc1[nH]ncc1CNCC(C)(CO)c1ccccc1. The van der Waals surface area contributed by atoms with Gasteiger partial charge in [-0.05, 0) is 12.5 Å². The Kier molecular flexibility index (Phi) is 4.35. The lowest BCUT2D eigenvalue weighted by Crippen LogP contribution is -2.38. The van der Waals surface area contributed by atoms with Crippen molar-refractivity contribution < 1.29 is 5.11 Å². The molecule has 3 N–H and O–H groups in total. The van der Waals surface area contributed by atoms with Crippen molar-refractivity contribution in [2.45, 2.75) is 25.8 Å². The monoisotopic (exact) mass is 259 g/mol. The van der Waals surface area contributed by atoms with Crippen molar-refractivity contribution in [3.8, 4) is 0 Å². The third kappa shape index (κ3) is 3.22. The number of hydrogen-bond donors (Lipinski definition) is 3. The smallest absolute Gasteiger partial charge is 0.0537 e. The Bertz CT molecular complexity index is 509. The summed E-state index contributed by atoms with van der Waals surface area (Å²) in [5, 5.41) is 20.0. The van der Waals surface area contributed by atoms with Crippen molar-refractivity contribution in [3.63, 3.8) is 0 Å². The molecule has 0 fully saturated rings. The van der Waals surface area contributed by atoms with E-state index in [-0.39, 0.29) is 12.0 Å². The van der Waals surface area contributed by atoms with Gasteiger partial charge in [0.05, 0.1) is 12.8 Å². The van der Waals surface area contributed by atoms with Crippen LogP contribution in [0.3, 0.4) is 0 Å². The fraction of sp³-hybridized carbons (Fsp3) is 0.400. The first-order chi connectivity index (χ1) is 9.15. The van der Waals surface area contributed by atoms with Gasteiger partial charge in [-0.15, -0.1) is 0 Å². The van der Waals surface area contributed by atoms with Gasteiger partial charge in [0.2, 0.25) is 0 Å². The molecule has 0 saturated carbocycles. The molecule has 0 spiro atoms. The molecule has 0 amide bonds. The van der Waals surface area contributed by atoms with Gasteiger partial charge in [-0.25, -0.2) is 0 Å². The highest BCUT2D eigenvalue weighted by molar-refractivity contribution is 5.25. The number of aliphatic hydroxyl groups is 1. The highest BCUT2D eigenvalue weighted by Crippen LogP contribution is 2.22. The van der Waals surface area contributed by atoms with Crippen LogP contribution in [0.25, 0.3) is 0 Å². The normalized spacial score (nSPS) is 14.3. The van der Waals surface area contributed by atoms with Gasteiger partial charge >= 0.3 is 0 Å². The average Bonchev–Trinajstić information content (AvgIpc) is 2.85. The molecular formula is C15H21N3O. The summed E-state index contributed by atoms with van der Waals surface area (Å²) in [4.78, 5) is 0. The summed E-state index contributed by atoms with van der Waals surface area (Å²) < 4.78 is 0. The molecule has 102 valence electrons. The van der Waals surface area contributed by atoms with Crippen LogP contribution in [0.1, 0.15) is 23.7 Å². The number of aryl methyl sites for hydroxylation is 1. The van der Waals surface area contributed by atoms with E-state index >= 15 is 0 Å². The third-order valence-electron chi connectivity index (χ3n) is 3.58. The number of nitrogens with zero attached hydrogens (tertiary/aromatic N) is 1. The van der Waals surface area contributed by atoms with Crippen LogP contribution in [0.4, 0.5) is 0 Å². The van der Waals surface area contributed by atoms with Gasteiger partial charge in [0, 0.05) is 29.8 Å². The number of aromatic amines is 1. The Labute approximate surface area is 113 Å². The molecular weight excluding hydrogens is 238 g/mol. The van der Waals surface area contributed by atoms with Crippen LogP contribution in [0.15, 0.2) is 36.5 Å². The molecule has 19 heavy (non-hydrogen) atoms. The minimum atomic E-state index is -0.265. The third-order valence-corrected chi connectivity index (χ3v) is 3.58. The van der Waals surface area contributed by atoms with E-state index < -0.39 is 0 Å². The lowest BCUT2D eigenvalue weighted by molar-refractivity contribution is 0.201. The molecule has 4 nitrogen and oxygen atoms in total. The number of nitrogens with one attached hydrogen (secondary N) is 2. The second-order valence-electron chi connectivity index (χ2n) is 5.21. The molecule has 0 aliphatic carbocycles. The van der Waals surface area contributed by atoms with Crippen molar-refractivity contribution in [1.82, 2.24) is 15.5 Å². The van der Waals surface area contributed by atoms with Gasteiger partial charge in [-0.2, -0.15) is 5.10 Å². The Morgan fingerprint density at radius 3 is 2.63 bits per heavy atom. The first-order valence-electron chi connectivity index (χ1n) is 6.52. The van der Waals surface area contributed by atoms with Crippen LogP contribution >= 0.6 is 0 Å². The number of benzene rings is 1. The van der Waals surface area contributed by atoms with E-state index in [9.17, 15) is 5.11 Å². The van der Waals surface area contributed by atoms with Crippen LogP contribution in [-0.2, 0) is 12.0 Å². The number of aromatic nitrogens is 2. The van der Waals surface area contributed by atoms with Gasteiger partial charge in [-0.3, -0.25) is 5.10 Å². The molecule has 1 aromatic carbocycles. The number of rotatable bonds is 6. The van der Waals surface area contributed by atoms with Gasteiger partial charge in [-0.1, -0.05) is 37.3 Å². The predicted molar refractivity (Wildman–Crippen MR) is 75.9 cm³/mol. The maximum Gasteiger partial charge on any atom is 0.0537 e. The summed E-state index contributed by atoms with van der Waals surface area (Å²) in [6.07, 6.45) is 1.83. The maximum atomic E-state index is 9.69. The first-order valence-corrected chi connectivity index (χ1v) is 6.52. The van der Waals surface area contributed by atoms with E-state index in [1.807, 2.05) is 31.3 Å².